The Morgan fingerprint density at radius 3 is 3.21 bits per heavy atom. The lowest BCUT2D eigenvalue weighted by molar-refractivity contribution is -0.107. The number of hydrogen-bond acceptors (Lipinski definition) is 5. The van der Waals surface area contributed by atoms with Crippen LogP contribution in [0, 0.1) is 0 Å². The third kappa shape index (κ3) is 2.70. The average molecular weight is 209 g/mol. The molecule has 74 valence electrons. The highest BCUT2D eigenvalue weighted by Gasteiger charge is 2.22. The van der Waals surface area contributed by atoms with E-state index >= 15 is 0 Å². The Morgan fingerprint density at radius 1 is 1.64 bits per heavy atom. The molecule has 1 aromatic rings. The molecule has 1 aliphatic rings. The van der Waals surface area contributed by atoms with Gasteiger partial charge in [0.1, 0.15) is 6.29 Å². The first kappa shape index (κ1) is 9.45. The summed E-state index contributed by atoms with van der Waals surface area (Å²) in [5.74, 6) is 0.598. The topological polar surface area (TPSA) is 54.9 Å². The SMILES string of the molecule is O=CCc1ccnc(NSC2CC2)n1. The van der Waals surface area contributed by atoms with Gasteiger partial charge in [0.15, 0.2) is 0 Å². The van der Waals surface area contributed by atoms with Crippen molar-refractivity contribution in [3.8, 4) is 0 Å². The number of carbonyl (C=O) groups excluding carboxylic acids is 1. The maximum Gasteiger partial charge on any atom is 0.233 e. The van der Waals surface area contributed by atoms with Crippen LogP contribution in [0.15, 0.2) is 12.3 Å². The van der Waals surface area contributed by atoms with E-state index in [1.165, 1.54) is 12.8 Å². The van der Waals surface area contributed by atoms with Gasteiger partial charge < -0.3 is 4.79 Å². The summed E-state index contributed by atoms with van der Waals surface area (Å²) in [6, 6.07) is 1.75. The average Bonchev–Trinajstić information content (AvgIpc) is 2.99. The molecule has 0 unspecified atom stereocenters. The molecule has 2 rings (SSSR count). The van der Waals surface area contributed by atoms with Gasteiger partial charge in [0.05, 0.1) is 5.69 Å². The second kappa shape index (κ2) is 4.41. The zero-order chi connectivity index (χ0) is 9.80. The first-order chi connectivity index (χ1) is 6.88. The lowest BCUT2D eigenvalue weighted by atomic mass is 10.3. The molecule has 5 heteroatoms. The number of nitrogens with one attached hydrogen (secondary N) is 1. The maximum atomic E-state index is 10.3. The summed E-state index contributed by atoms with van der Waals surface area (Å²) in [4.78, 5) is 18.5. The van der Waals surface area contributed by atoms with Crippen molar-refractivity contribution in [2.24, 2.45) is 0 Å². The molecule has 0 saturated heterocycles. The smallest absolute Gasteiger partial charge is 0.233 e. The number of aromatic nitrogens is 2. The first-order valence-electron chi connectivity index (χ1n) is 4.55. The maximum absolute atomic E-state index is 10.3. The van der Waals surface area contributed by atoms with E-state index < -0.39 is 0 Å². The molecule has 0 aliphatic heterocycles. The van der Waals surface area contributed by atoms with E-state index in [-0.39, 0.29) is 0 Å². The number of anilines is 1. The quantitative estimate of drug-likeness (QED) is 0.587. The Balaban J connectivity index is 1.93. The van der Waals surface area contributed by atoms with E-state index in [0.717, 1.165) is 12.0 Å². The molecule has 1 fully saturated rings. The van der Waals surface area contributed by atoms with Crippen LogP contribution in [0.1, 0.15) is 18.5 Å². The number of carbonyl (C=O) groups is 1. The van der Waals surface area contributed by atoms with E-state index in [2.05, 4.69) is 14.7 Å². The summed E-state index contributed by atoms with van der Waals surface area (Å²) < 4.78 is 3.08. The van der Waals surface area contributed by atoms with Crippen LogP contribution in [-0.2, 0) is 11.2 Å². The molecule has 1 N–H and O–H groups in total. The van der Waals surface area contributed by atoms with Crippen LogP contribution in [0.4, 0.5) is 5.95 Å². The van der Waals surface area contributed by atoms with Gasteiger partial charge in [-0.15, -0.1) is 0 Å². The fourth-order valence-corrected chi connectivity index (χ4v) is 1.71. The Hall–Kier alpha value is -1.10. The highest BCUT2D eigenvalue weighted by Crippen LogP contribution is 2.33. The standard InChI is InChI=1S/C9H11N3OS/c13-6-4-7-3-5-10-9(11-7)12-14-8-1-2-8/h3,5-6,8H,1-2,4H2,(H,10,11,12). The summed E-state index contributed by atoms with van der Waals surface area (Å²) in [5, 5.41) is 0.716. The predicted molar refractivity (Wildman–Crippen MR) is 56.0 cm³/mol. The van der Waals surface area contributed by atoms with E-state index in [9.17, 15) is 4.79 Å². The predicted octanol–water partition coefficient (Wildman–Crippen LogP) is 1.44. The first-order valence-corrected chi connectivity index (χ1v) is 5.43. The summed E-state index contributed by atoms with van der Waals surface area (Å²) in [6.45, 7) is 0. The molecule has 0 bridgehead atoms. The molecule has 0 atom stereocenters. The van der Waals surface area contributed by atoms with E-state index in [1.807, 2.05) is 0 Å². The Labute approximate surface area is 86.7 Å². The number of hydrogen-bond donors (Lipinski definition) is 1. The Morgan fingerprint density at radius 2 is 2.50 bits per heavy atom. The summed E-state index contributed by atoms with van der Waals surface area (Å²) in [5.41, 5.74) is 0.758. The molecule has 0 radical (unpaired) electrons. The number of aldehydes is 1. The third-order valence-corrected chi connectivity index (χ3v) is 2.95. The van der Waals surface area contributed by atoms with Crippen LogP contribution < -0.4 is 4.72 Å². The Kier molecular flexibility index (Phi) is 2.98. The molecule has 1 aromatic heterocycles. The van der Waals surface area contributed by atoms with Crippen LogP contribution >= 0.6 is 11.9 Å². The normalized spacial score (nSPS) is 15.1. The van der Waals surface area contributed by atoms with Gasteiger partial charge in [0.2, 0.25) is 5.95 Å². The van der Waals surface area contributed by atoms with Crippen LogP contribution in [0.25, 0.3) is 0 Å². The lowest BCUT2D eigenvalue weighted by Gasteiger charge is -2.02. The molecule has 1 saturated carbocycles. The van der Waals surface area contributed by atoms with Crippen molar-refractivity contribution in [3.05, 3.63) is 18.0 Å². The molecular weight excluding hydrogens is 198 g/mol. The largest absolute Gasteiger partial charge is 0.303 e. The minimum absolute atomic E-state index is 0.352. The van der Waals surface area contributed by atoms with E-state index in [4.69, 9.17) is 0 Å². The fraction of sp³-hybridized carbons (Fsp3) is 0.444. The monoisotopic (exact) mass is 209 g/mol. The minimum Gasteiger partial charge on any atom is -0.303 e. The van der Waals surface area contributed by atoms with Crippen LogP contribution in [0.5, 0.6) is 0 Å². The molecule has 1 aliphatic carbocycles. The fourth-order valence-electron chi connectivity index (χ4n) is 0.966. The highest BCUT2D eigenvalue weighted by molar-refractivity contribution is 8.01. The third-order valence-electron chi connectivity index (χ3n) is 1.85. The molecule has 4 nitrogen and oxygen atoms in total. The van der Waals surface area contributed by atoms with Crippen molar-refractivity contribution in [2.45, 2.75) is 24.5 Å². The van der Waals surface area contributed by atoms with Crippen molar-refractivity contribution in [3.63, 3.8) is 0 Å². The van der Waals surface area contributed by atoms with Gasteiger partial charge in [0.25, 0.3) is 0 Å². The summed E-state index contributed by atoms with van der Waals surface area (Å²) >= 11 is 1.66. The van der Waals surface area contributed by atoms with Gasteiger partial charge in [-0.05, 0) is 30.9 Å². The summed E-state index contributed by atoms with van der Waals surface area (Å²) in [6.07, 6.45) is 5.41. The zero-order valence-corrected chi connectivity index (χ0v) is 8.46. The van der Waals surface area contributed by atoms with Crippen LogP contribution in [0.3, 0.4) is 0 Å². The number of nitrogens with zero attached hydrogens (tertiary/aromatic N) is 2. The van der Waals surface area contributed by atoms with Gasteiger partial charge in [-0.1, -0.05) is 0 Å². The van der Waals surface area contributed by atoms with Crippen molar-refractivity contribution >= 4 is 24.2 Å². The van der Waals surface area contributed by atoms with Gasteiger partial charge in [0, 0.05) is 17.9 Å². The second-order valence-corrected chi connectivity index (χ2v) is 4.27. The van der Waals surface area contributed by atoms with Crippen molar-refractivity contribution in [2.75, 3.05) is 4.72 Å². The van der Waals surface area contributed by atoms with Crippen LogP contribution in [-0.4, -0.2) is 21.5 Å². The molecular formula is C9H11N3OS. The zero-order valence-electron chi connectivity index (χ0n) is 7.64. The van der Waals surface area contributed by atoms with Crippen molar-refractivity contribution < 1.29 is 4.79 Å². The second-order valence-electron chi connectivity index (χ2n) is 3.16. The van der Waals surface area contributed by atoms with Crippen LogP contribution in [0.2, 0.25) is 0 Å². The highest BCUT2D eigenvalue weighted by atomic mass is 32.2. The lowest BCUT2D eigenvalue weighted by Crippen LogP contribution is -1.99. The van der Waals surface area contributed by atoms with Crippen molar-refractivity contribution in [1.29, 1.82) is 0 Å². The molecule has 0 aromatic carbocycles. The van der Waals surface area contributed by atoms with Gasteiger partial charge in [-0.2, -0.15) is 0 Å². The van der Waals surface area contributed by atoms with E-state index in [1.54, 1.807) is 24.2 Å². The van der Waals surface area contributed by atoms with E-state index in [0.29, 0.717) is 17.6 Å². The molecule has 1 heterocycles. The number of rotatable bonds is 5. The molecule has 0 spiro atoms. The molecule has 0 amide bonds. The summed E-state index contributed by atoms with van der Waals surface area (Å²) in [7, 11) is 0. The van der Waals surface area contributed by atoms with Gasteiger partial charge in [-0.3, -0.25) is 4.72 Å². The molecule has 14 heavy (non-hydrogen) atoms. The van der Waals surface area contributed by atoms with Crippen molar-refractivity contribution in [1.82, 2.24) is 9.97 Å². The minimum atomic E-state index is 0.352. The van der Waals surface area contributed by atoms with Gasteiger partial charge in [-0.25, -0.2) is 9.97 Å². The van der Waals surface area contributed by atoms with Gasteiger partial charge >= 0.3 is 0 Å². The Bertz CT molecular complexity index is 328.